The Morgan fingerprint density at radius 1 is 1.13 bits per heavy atom. The van der Waals surface area contributed by atoms with Gasteiger partial charge in [0.15, 0.2) is 0 Å². The molecule has 0 bridgehead atoms. The van der Waals surface area contributed by atoms with Gasteiger partial charge in [0.05, 0.1) is 16.6 Å². The minimum Gasteiger partial charge on any atom is -0.348 e. The van der Waals surface area contributed by atoms with Crippen LogP contribution in [0.25, 0.3) is 10.8 Å². The third-order valence-electron chi connectivity index (χ3n) is 4.69. The highest BCUT2D eigenvalue weighted by Crippen LogP contribution is 2.18. The summed E-state index contributed by atoms with van der Waals surface area (Å²) < 4.78 is 14.4. The van der Waals surface area contributed by atoms with Crippen LogP contribution >= 0.6 is 0 Å². The molecule has 1 fully saturated rings. The van der Waals surface area contributed by atoms with Crippen LogP contribution < -0.4 is 16.3 Å². The minimum atomic E-state index is -0.327. The number of halogens is 1. The van der Waals surface area contributed by atoms with Crippen LogP contribution in [-0.2, 0) is 6.54 Å². The Morgan fingerprint density at radius 2 is 1.83 bits per heavy atom. The van der Waals surface area contributed by atoms with Crippen molar-refractivity contribution in [1.29, 1.82) is 0 Å². The van der Waals surface area contributed by atoms with Crippen LogP contribution in [0.1, 0.15) is 54.2 Å². The van der Waals surface area contributed by atoms with E-state index in [-0.39, 0.29) is 23.8 Å². The monoisotopic (exact) mass is 410 g/mol. The fourth-order valence-electron chi connectivity index (χ4n) is 2.93. The van der Waals surface area contributed by atoms with Gasteiger partial charge in [0.2, 0.25) is 0 Å². The Hall–Kier alpha value is -3.22. The number of nitrogens with one attached hydrogen (secondary N) is 2. The minimum absolute atomic E-state index is 0.214. The SMILES string of the molecule is C1CC1.CCCNn1c(C)c(C(=O)NCc2ccc(F)cc2)c2cnccc2c1=O. The number of carbonyl (C=O) groups is 1. The maximum absolute atomic E-state index is 13.0. The van der Waals surface area contributed by atoms with E-state index < -0.39 is 0 Å². The molecule has 158 valence electrons. The van der Waals surface area contributed by atoms with Gasteiger partial charge in [-0.3, -0.25) is 14.6 Å². The summed E-state index contributed by atoms with van der Waals surface area (Å²) in [5.74, 6) is -0.645. The van der Waals surface area contributed by atoms with Gasteiger partial charge in [0, 0.05) is 30.9 Å². The second-order valence-corrected chi connectivity index (χ2v) is 7.30. The first-order valence-electron chi connectivity index (χ1n) is 10.3. The molecule has 3 aromatic rings. The van der Waals surface area contributed by atoms with Crippen molar-refractivity contribution in [3.63, 3.8) is 0 Å². The quantitative estimate of drug-likeness (QED) is 0.646. The summed E-state index contributed by atoms with van der Waals surface area (Å²) in [5, 5.41) is 3.77. The predicted octanol–water partition coefficient (Wildman–Crippen LogP) is 3.90. The van der Waals surface area contributed by atoms with Gasteiger partial charge in [-0.2, -0.15) is 0 Å². The Bertz CT molecular complexity index is 1070. The zero-order valence-corrected chi connectivity index (χ0v) is 17.4. The second-order valence-electron chi connectivity index (χ2n) is 7.30. The third kappa shape index (κ3) is 5.23. The summed E-state index contributed by atoms with van der Waals surface area (Å²) in [7, 11) is 0. The molecule has 4 rings (SSSR count). The number of fused-ring (bicyclic) bond motifs is 1. The van der Waals surface area contributed by atoms with Gasteiger partial charge >= 0.3 is 0 Å². The molecule has 30 heavy (non-hydrogen) atoms. The van der Waals surface area contributed by atoms with Gasteiger partial charge < -0.3 is 10.7 Å². The fourth-order valence-corrected chi connectivity index (χ4v) is 2.93. The average molecular weight is 410 g/mol. The van der Waals surface area contributed by atoms with Crippen molar-refractivity contribution in [3.05, 3.63) is 75.7 Å². The number of hydrogen-bond donors (Lipinski definition) is 2. The number of amides is 1. The summed E-state index contributed by atoms with van der Waals surface area (Å²) in [6, 6.07) is 7.54. The van der Waals surface area contributed by atoms with E-state index in [2.05, 4.69) is 15.7 Å². The maximum Gasteiger partial charge on any atom is 0.277 e. The lowest BCUT2D eigenvalue weighted by Crippen LogP contribution is -2.35. The van der Waals surface area contributed by atoms with E-state index in [4.69, 9.17) is 0 Å². The topological polar surface area (TPSA) is 76.0 Å². The van der Waals surface area contributed by atoms with Crippen LogP contribution in [0.2, 0.25) is 0 Å². The standard InChI is InChI=1S/C20H21FN4O2.C3H6/c1-3-9-24-25-13(2)18(17-12-22-10-8-16(17)20(25)27)19(26)23-11-14-4-6-15(21)7-5-14;1-2-3-1/h4-8,10,12,24H,3,9,11H2,1-2H3,(H,23,26);1-3H2. The summed E-state index contributed by atoms with van der Waals surface area (Å²) in [4.78, 5) is 29.7. The van der Waals surface area contributed by atoms with Crippen molar-refractivity contribution >= 4 is 16.7 Å². The molecule has 0 spiro atoms. The molecule has 2 heterocycles. The Labute approximate surface area is 175 Å². The molecule has 2 aromatic heterocycles. The van der Waals surface area contributed by atoms with Crippen molar-refractivity contribution in [1.82, 2.24) is 15.0 Å². The van der Waals surface area contributed by atoms with Gasteiger partial charge in [-0.1, -0.05) is 38.3 Å². The van der Waals surface area contributed by atoms with Crippen molar-refractivity contribution < 1.29 is 9.18 Å². The van der Waals surface area contributed by atoms with E-state index in [9.17, 15) is 14.0 Å². The van der Waals surface area contributed by atoms with E-state index in [1.807, 2.05) is 6.92 Å². The average Bonchev–Trinajstić information content (AvgIpc) is 3.63. The number of hydrogen-bond acceptors (Lipinski definition) is 4. The van der Waals surface area contributed by atoms with Crippen molar-refractivity contribution in [2.24, 2.45) is 0 Å². The van der Waals surface area contributed by atoms with Crippen LogP contribution in [0.4, 0.5) is 4.39 Å². The molecular weight excluding hydrogens is 383 g/mol. The van der Waals surface area contributed by atoms with E-state index >= 15 is 0 Å². The Kier molecular flexibility index (Phi) is 7.17. The van der Waals surface area contributed by atoms with Gasteiger partial charge in [-0.05, 0) is 37.1 Å². The van der Waals surface area contributed by atoms with E-state index in [0.29, 0.717) is 28.6 Å². The molecule has 2 N–H and O–H groups in total. The first kappa shape index (κ1) is 21.5. The van der Waals surface area contributed by atoms with Crippen LogP contribution in [-0.4, -0.2) is 22.1 Å². The van der Waals surface area contributed by atoms with Crippen molar-refractivity contribution in [2.75, 3.05) is 12.0 Å². The number of aromatic nitrogens is 2. The maximum atomic E-state index is 13.0. The molecule has 0 radical (unpaired) electrons. The second kappa shape index (κ2) is 10.0. The highest BCUT2D eigenvalue weighted by atomic mass is 19.1. The van der Waals surface area contributed by atoms with E-state index in [1.165, 1.54) is 48.5 Å². The number of rotatable bonds is 6. The molecule has 7 heteroatoms. The lowest BCUT2D eigenvalue weighted by atomic mass is 10.1. The normalized spacial score (nSPS) is 12.1. The number of nitrogens with zero attached hydrogens (tertiary/aromatic N) is 2. The smallest absolute Gasteiger partial charge is 0.277 e. The van der Waals surface area contributed by atoms with E-state index in [0.717, 1.165) is 12.0 Å². The molecule has 1 aliphatic rings. The molecule has 1 amide bonds. The van der Waals surface area contributed by atoms with Crippen LogP contribution in [0.5, 0.6) is 0 Å². The Balaban J connectivity index is 0.000000782. The lowest BCUT2D eigenvalue weighted by Gasteiger charge is -2.18. The zero-order valence-electron chi connectivity index (χ0n) is 17.4. The van der Waals surface area contributed by atoms with Gasteiger partial charge in [-0.15, -0.1) is 0 Å². The number of carbonyl (C=O) groups excluding carboxylic acids is 1. The van der Waals surface area contributed by atoms with E-state index in [1.54, 1.807) is 25.1 Å². The number of pyridine rings is 2. The summed E-state index contributed by atoms with van der Waals surface area (Å²) in [6.45, 7) is 4.58. The highest BCUT2D eigenvalue weighted by molar-refractivity contribution is 6.07. The zero-order chi connectivity index (χ0) is 21.5. The van der Waals surface area contributed by atoms with Gasteiger partial charge in [0.1, 0.15) is 5.82 Å². The summed E-state index contributed by atoms with van der Waals surface area (Å²) >= 11 is 0. The highest BCUT2D eigenvalue weighted by Gasteiger charge is 2.19. The first-order valence-corrected chi connectivity index (χ1v) is 10.3. The van der Waals surface area contributed by atoms with Crippen LogP contribution in [0.15, 0.2) is 47.5 Å². The van der Waals surface area contributed by atoms with Gasteiger partial charge in [0.25, 0.3) is 11.5 Å². The molecule has 6 nitrogen and oxygen atoms in total. The first-order chi connectivity index (χ1) is 14.5. The largest absolute Gasteiger partial charge is 0.348 e. The molecule has 0 aliphatic heterocycles. The van der Waals surface area contributed by atoms with Gasteiger partial charge in [-0.25, -0.2) is 9.07 Å². The summed E-state index contributed by atoms with van der Waals surface area (Å²) in [5.41, 5.74) is 4.54. The van der Waals surface area contributed by atoms with Crippen molar-refractivity contribution in [2.45, 2.75) is 46.1 Å². The number of benzene rings is 1. The predicted molar refractivity (Wildman–Crippen MR) is 117 cm³/mol. The third-order valence-corrected chi connectivity index (χ3v) is 4.69. The molecule has 1 saturated carbocycles. The molecule has 0 unspecified atom stereocenters. The van der Waals surface area contributed by atoms with Crippen LogP contribution in [0, 0.1) is 12.7 Å². The molecular formula is C23H27FN4O2. The summed E-state index contributed by atoms with van der Waals surface area (Å²) in [6.07, 6.45) is 8.40. The molecule has 1 aliphatic carbocycles. The fraction of sp³-hybridized carbons (Fsp3) is 0.348. The molecule has 1 aromatic carbocycles. The van der Waals surface area contributed by atoms with Crippen molar-refractivity contribution in [3.8, 4) is 0 Å². The lowest BCUT2D eigenvalue weighted by molar-refractivity contribution is 0.0951. The Morgan fingerprint density at radius 3 is 2.47 bits per heavy atom. The molecule has 0 saturated heterocycles. The van der Waals surface area contributed by atoms with Crippen LogP contribution in [0.3, 0.4) is 0 Å². The molecule has 0 atom stereocenters.